The van der Waals surface area contributed by atoms with Gasteiger partial charge in [-0.2, -0.15) is 0 Å². The van der Waals surface area contributed by atoms with Gasteiger partial charge < -0.3 is 4.74 Å². The van der Waals surface area contributed by atoms with Crippen LogP contribution in [0.5, 0.6) is 0 Å². The highest BCUT2D eigenvalue weighted by molar-refractivity contribution is 8.00. The Labute approximate surface area is 170 Å². The van der Waals surface area contributed by atoms with Crippen molar-refractivity contribution >= 4 is 29.1 Å². The topological polar surface area (TPSA) is 39.2 Å². The van der Waals surface area contributed by atoms with Gasteiger partial charge in [-0.1, -0.05) is 30.0 Å². The summed E-state index contributed by atoms with van der Waals surface area (Å²) < 4.78 is 72.7. The van der Waals surface area contributed by atoms with Crippen molar-refractivity contribution in [2.75, 3.05) is 0 Å². The second kappa shape index (κ2) is 8.91. The summed E-state index contributed by atoms with van der Waals surface area (Å²) in [6, 6.07) is 6.38. The van der Waals surface area contributed by atoms with Crippen LogP contribution in [0.25, 0.3) is 0 Å². The Morgan fingerprint density at radius 1 is 1.03 bits per heavy atom. The molecule has 0 fully saturated rings. The fourth-order valence-electron chi connectivity index (χ4n) is 2.38. The van der Waals surface area contributed by atoms with Crippen LogP contribution in [-0.2, 0) is 17.1 Å². The van der Waals surface area contributed by atoms with Gasteiger partial charge in [0.2, 0.25) is 5.82 Å². The lowest BCUT2D eigenvalue weighted by molar-refractivity contribution is 0.0461. The molecule has 0 aliphatic rings. The first kappa shape index (κ1) is 21.3. The summed E-state index contributed by atoms with van der Waals surface area (Å²) >= 11 is 2.84. The fraction of sp³-hybridized carbons (Fsp3) is 0.158. The molecule has 0 radical (unpaired) electrons. The van der Waals surface area contributed by atoms with Crippen molar-refractivity contribution < 1.29 is 31.5 Å². The molecule has 3 aromatic rings. The van der Waals surface area contributed by atoms with E-state index in [-0.39, 0.29) is 5.56 Å². The molecule has 0 bridgehead atoms. The molecule has 3 nitrogen and oxygen atoms in total. The van der Waals surface area contributed by atoms with Gasteiger partial charge in [0.1, 0.15) is 10.9 Å². The Morgan fingerprint density at radius 3 is 2.28 bits per heavy atom. The van der Waals surface area contributed by atoms with Crippen molar-refractivity contribution in [3.8, 4) is 0 Å². The molecule has 152 valence electrons. The zero-order valence-corrected chi connectivity index (χ0v) is 16.4. The molecule has 0 amide bonds. The van der Waals surface area contributed by atoms with E-state index < -0.39 is 47.2 Å². The molecule has 0 aliphatic carbocycles. The van der Waals surface area contributed by atoms with E-state index in [2.05, 4.69) is 4.98 Å². The Hall–Kier alpha value is -2.46. The zero-order chi connectivity index (χ0) is 21.1. The van der Waals surface area contributed by atoms with Gasteiger partial charge in [0.15, 0.2) is 23.3 Å². The number of benzene rings is 2. The van der Waals surface area contributed by atoms with E-state index in [0.717, 1.165) is 10.0 Å². The highest BCUT2D eigenvalue weighted by Crippen LogP contribution is 2.28. The van der Waals surface area contributed by atoms with Crippen LogP contribution in [0.2, 0.25) is 0 Å². The number of hydrogen-bond acceptors (Lipinski definition) is 5. The SMILES string of the molecule is Cc1csc(SCc2ccccc2C(=O)OCc2c(F)c(F)c(F)c(F)c2F)n1. The first-order valence-electron chi connectivity index (χ1n) is 8.09. The summed E-state index contributed by atoms with van der Waals surface area (Å²) in [5.41, 5.74) is 0.359. The normalized spacial score (nSPS) is 11.0. The molecular weight excluding hydrogens is 433 g/mol. The van der Waals surface area contributed by atoms with E-state index in [0.29, 0.717) is 11.3 Å². The molecular formula is C19H12F5NO2S2. The number of hydrogen-bond donors (Lipinski definition) is 0. The number of ether oxygens (including phenoxy) is 1. The van der Waals surface area contributed by atoms with E-state index in [1.165, 1.54) is 29.2 Å². The highest BCUT2D eigenvalue weighted by atomic mass is 32.2. The standard InChI is InChI=1S/C19H12F5NO2S2/c1-9-7-28-19(25-9)29-8-10-4-2-3-5-11(10)18(26)27-6-12-13(20)15(22)17(24)16(23)14(12)21/h2-5,7H,6,8H2,1H3. The molecule has 10 heteroatoms. The van der Waals surface area contributed by atoms with Crippen molar-refractivity contribution in [1.82, 2.24) is 4.98 Å². The monoisotopic (exact) mass is 445 g/mol. The van der Waals surface area contributed by atoms with Crippen LogP contribution in [-0.4, -0.2) is 11.0 Å². The van der Waals surface area contributed by atoms with Crippen LogP contribution >= 0.6 is 23.1 Å². The van der Waals surface area contributed by atoms with E-state index in [1.54, 1.807) is 18.2 Å². The van der Waals surface area contributed by atoms with Crippen LogP contribution in [0.1, 0.15) is 27.2 Å². The molecule has 0 atom stereocenters. The summed E-state index contributed by atoms with van der Waals surface area (Å²) in [6.45, 7) is 0.753. The summed E-state index contributed by atoms with van der Waals surface area (Å²) in [6.07, 6.45) is 0. The molecule has 1 aromatic heterocycles. The summed E-state index contributed by atoms with van der Waals surface area (Å²) in [5, 5.41) is 1.88. The average Bonchev–Trinajstić information content (AvgIpc) is 3.14. The number of carbonyl (C=O) groups excluding carboxylic acids is 1. The fourth-order valence-corrected chi connectivity index (χ4v) is 4.23. The number of rotatable bonds is 6. The molecule has 0 saturated carbocycles. The maximum atomic E-state index is 13.7. The minimum Gasteiger partial charge on any atom is -0.457 e. The molecule has 0 aliphatic heterocycles. The van der Waals surface area contributed by atoms with Crippen molar-refractivity contribution in [3.63, 3.8) is 0 Å². The summed E-state index contributed by atoms with van der Waals surface area (Å²) in [5.74, 6) is -11.1. The van der Waals surface area contributed by atoms with Gasteiger partial charge in [-0.15, -0.1) is 11.3 Å². The lowest BCUT2D eigenvalue weighted by Crippen LogP contribution is -2.12. The highest BCUT2D eigenvalue weighted by Gasteiger charge is 2.26. The molecule has 2 aromatic carbocycles. The van der Waals surface area contributed by atoms with E-state index >= 15 is 0 Å². The maximum Gasteiger partial charge on any atom is 0.338 e. The summed E-state index contributed by atoms with van der Waals surface area (Å²) in [7, 11) is 0. The second-order valence-electron chi connectivity index (χ2n) is 5.83. The van der Waals surface area contributed by atoms with E-state index in [1.807, 2.05) is 12.3 Å². The number of aromatic nitrogens is 1. The first-order valence-corrected chi connectivity index (χ1v) is 9.96. The van der Waals surface area contributed by atoms with Gasteiger partial charge in [0.25, 0.3) is 0 Å². The Bertz CT molecular complexity index is 1040. The van der Waals surface area contributed by atoms with E-state index in [4.69, 9.17) is 4.74 Å². The molecule has 1 heterocycles. The average molecular weight is 445 g/mol. The summed E-state index contributed by atoms with van der Waals surface area (Å²) in [4.78, 5) is 16.7. The first-order chi connectivity index (χ1) is 13.8. The van der Waals surface area contributed by atoms with Gasteiger partial charge in [0.05, 0.1) is 11.1 Å². The van der Waals surface area contributed by atoms with Crippen molar-refractivity contribution in [2.24, 2.45) is 0 Å². The van der Waals surface area contributed by atoms with Crippen LogP contribution < -0.4 is 0 Å². The molecule has 0 unspecified atom stereocenters. The maximum absolute atomic E-state index is 13.7. The molecule has 0 saturated heterocycles. The minimum atomic E-state index is -2.27. The van der Waals surface area contributed by atoms with E-state index in [9.17, 15) is 26.7 Å². The molecule has 0 spiro atoms. The number of halogens is 5. The molecule has 0 N–H and O–H groups in total. The third kappa shape index (κ3) is 4.59. The van der Waals surface area contributed by atoms with Crippen molar-refractivity contribution in [2.45, 2.75) is 23.6 Å². The van der Waals surface area contributed by atoms with Crippen LogP contribution in [0, 0.1) is 36.0 Å². The third-order valence-corrected chi connectivity index (χ3v) is 6.02. The predicted octanol–water partition coefficient (Wildman–Crippen LogP) is 5.80. The Balaban J connectivity index is 1.75. The quantitative estimate of drug-likeness (QED) is 0.158. The minimum absolute atomic E-state index is 0.122. The van der Waals surface area contributed by atoms with Crippen LogP contribution in [0.15, 0.2) is 34.0 Å². The Morgan fingerprint density at radius 2 is 1.66 bits per heavy atom. The van der Waals surface area contributed by atoms with Gasteiger partial charge in [-0.25, -0.2) is 31.7 Å². The molecule has 29 heavy (non-hydrogen) atoms. The number of aryl methyl sites for hydroxylation is 1. The van der Waals surface area contributed by atoms with Crippen LogP contribution in [0.3, 0.4) is 0 Å². The van der Waals surface area contributed by atoms with Crippen molar-refractivity contribution in [1.29, 1.82) is 0 Å². The van der Waals surface area contributed by atoms with Gasteiger partial charge in [-0.05, 0) is 18.6 Å². The lowest BCUT2D eigenvalue weighted by atomic mass is 10.1. The molecule has 3 rings (SSSR count). The van der Waals surface area contributed by atoms with Gasteiger partial charge >= 0.3 is 5.97 Å². The smallest absolute Gasteiger partial charge is 0.338 e. The number of carbonyl (C=O) groups is 1. The van der Waals surface area contributed by atoms with Gasteiger partial charge in [-0.3, -0.25) is 0 Å². The number of thioether (sulfide) groups is 1. The zero-order valence-electron chi connectivity index (χ0n) is 14.8. The number of esters is 1. The predicted molar refractivity (Wildman–Crippen MR) is 98.2 cm³/mol. The largest absolute Gasteiger partial charge is 0.457 e. The number of thiazole rings is 1. The van der Waals surface area contributed by atoms with Crippen LogP contribution in [0.4, 0.5) is 22.0 Å². The lowest BCUT2D eigenvalue weighted by Gasteiger charge is -2.11. The second-order valence-corrected chi connectivity index (χ2v) is 7.91. The number of nitrogens with zero attached hydrogens (tertiary/aromatic N) is 1. The van der Waals surface area contributed by atoms with Crippen molar-refractivity contribution in [3.05, 3.63) is 81.1 Å². The Kier molecular flexibility index (Phi) is 6.53. The third-order valence-electron chi connectivity index (χ3n) is 3.83. The van der Waals surface area contributed by atoms with Gasteiger partial charge in [0, 0.05) is 16.8 Å².